The summed E-state index contributed by atoms with van der Waals surface area (Å²) in [5, 5.41) is 0. The summed E-state index contributed by atoms with van der Waals surface area (Å²) in [6.07, 6.45) is 2.04. The van der Waals surface area contributed by atoms with Crippen molar-refractivity contribution in [2.45, 2.75) is 33.2 Å². The van der Waals surface area contributed by atoms with Gasteiger partial charge in [0.1, 0.15) is 0 Å². The minimum Gasteiger partial charge on any atom is -1.00 e. The van der Waals surface area contributed by atoms with Crippen LogP contribution in [0.1, 0.15) is 57.7 Å². The first-order valence-electron chi connectivity index (χ1n) is 7.35. The Balaban J connectivity index is 0.00000176. The predicted molar refractivity (Wildman–Crippen MR) is 78.6 cm³/mol. The highest BCUT2D eigenvalue weighted by atomic mass is 79.9. The largest absolute Gasteiger partial charge is 1.00 e. The van der Waals surface area contributed by atoms with Crippen LogP contribution in [-0.2, 0) is 13.6 Å². The number of carbonyl (C=O) groups excluding carboxylic acids is 2. The van der Waals surface area contributed by atoms with Gasteiger partial charge in [-0.1, -0.05) is 37.6 Å². The molecule has 1 aliphatic carbocycles. The molecule has 116 valence electrons. The molecular formula is C17H19BrN2O2. The van der Waals surface area contributed by atoms with E-state index in [1.807, 2.05) is 23.1 Å². The molecule has 0 N–H and O–H groups in total. The molecule has 1 aromatic heterocycles. The first-order chi connectivity index (χ1) is 10.1. The first kappa shape index (κ1) is 16.6. The molecule has 0 saturated heterocycles. The summed E-state index contributed by atoms with van der Waals surface area (Å²) in [5.74, 6) is 0.851. The second kappa shape index (κ2) is 6.16. The maximum atomic E-state index is 12.8. The normalized spacial score (nSPS) is 12.7. The molecule has 0 bridgehead atoms. The van der Waals surface area contributed by atoms with Crippen molar-refractivity contribution in [1.29, 1.82) is 0 Å². The van der Waals surface area contributed by atoms with Crippen molar-refractivity contribution in [3.8, 4) is 0 Å². The lowest BCUT2D eigenvalue weighted by atomic mass is 9.90. The third-order valence-electron chi connectivity index (χ3n) is 4.29. The van der Waals surface area contributed by atoms with Gasteiger partial charge in [0, 0.05) is 18.1 Å². The molecule has 1 heterocycles. The van der Waals surface area contributed by atoms with E-state index in [0.717, 1.165) is 25.2 Å². The molecule has 4 nitrogen and oxygen atoms in total. The van der Waals surface area contributed by atoms with E-state index in [0.29, 0.717) is 22.5 Å². The van der Waals surface area contributed by atoms with Crippen LogP contribution in [0.2, 0.25) is 0 Å². The van der Waals surface area contributed by atoms with Gasteiger partial charge in [-0.2, -0.15) is 0 Å². The number of hydrogen-bond acceptors (Lipinski definition) is 2. The van der Waals surface area contributed by atoms with E-state index >= 15 is 0 Å². The van der Waals surface area contributed by atoms with Crippen LogP contribution >= 0.6 is 0 Å². The first-order valence-corrected chi connectivity index (χ1v) is 7.35. The van der Waals surface area contributed by atoms with Gasteiger partial charge < -0.3 is 17.0 Å². The van der Waals surface area contributed by atoms with Crippen molar-refractivity contribution in [2.24, 2.45) is 7.05 Å². The van der Waals surface area contributed by atoms with Crippen LogP contribution in [0.15, 0.2) is 24.3 Å². The molecule has 0 unspecified atom stereocenters. The smallest absolute Gasteiger partial charge is 0.254 e. The second-order valence-electron chi connectivity index (χ2n) is 5.51. The Labute approximate surface area is 140 Å². The average molecular weight is 363 g/mol. The lowest BCUT2D eigenvalue weighted by Gasteiger charge is -2.12. The van der Waals surface area contributed by atoms with Crippen molar-refractivity contribution in [1.82, 2.24) is 4.57 Å². The zero-order valence-corrected chi connectivity index (χ0v) is 14.6. The van der Waals surface area contributed by atoms with Crippen molar-refractivity contribution in [3.63, 3.8) is 0 Å². The number of imidazole rings is 1. The summed E-state index contributed by atoms with van der Waals surface area (Å²) < 4.78 is 3.84. The van der Waals surface area contributed by atoms with Crippen LogP contribution in [0.4, 0.5) is 0 Å². The van der Waals surface area contributed by atoms with Gasteiger partial charge in [-0.05, 0) is 6.42 Å². The summed E-state index contributed by atoms with van der Waals surface area (Å²) in [4.78, 5) is 25.5. The molecule has 1 aromatic carbocycles. The Kier molecular flexibility index (Phi) is 4.66. The Morgan fingerprint density at radius 3 is 2.27 bits per heavy atom. The monoisotopic (exact) mass is 362 g/mol. The number of hydrogen-bond donors (Lipinski definition) is 0. The molecule has 22 heavy (non-hydrogen) atoms. The van der Waals surface area contributed by atoms with E-state index in [9.17, 15) is 9.59 Å². The third-order valence-corrected chi connectivity index (χ3v) is 4.29. The second-order valence-corrected chi connectivity index (χ2v) is 5.51. The summed E-state index contributed by atoms with van der Waals surface area (Å²) in [6, 6.07) is 7.08. The van der Waals surface area contributed by atoms with E-state index in [1.165, 1.54) is 0 Å². The molecule has 0 spiro atoms. The SMILES string of the molecule is CCCCn1c2c([n+](C)c1C)C(=O)c1ccccc1C2=O.[Br-]. The van der Waals surface area contributed by atoms with Crippen molar-refractivity contribution in [3.05, 3.63) is 52.6 Å². The molecule has 0 atom stereocenters. The van der Waals surface area contributed by atoms with Gasteiger partial charge in [-0.15, -0.1) is 0 Å². The number of halogens is 1. The Hall–Kier alpha value is -1.75. The number of fused-ring (bicyclic) bond motifs is 2. The lowest BCUT2D eigenvalue weighted by molar-refractivity contribution is -0.679. The highest BCUT2D eigenvalue weighted by Crippen LogP contribution is 2.26. The van der Waals surface area contributed by atoms with Gasteiger partial charge in [-0.25, -0.2) is 9.13 Å². The molecule has 5 heteroatoms. The number of ketones is 2. The van der Waals surface area contributed by atoms with Crippen molar-refractivity contribution >= 4 is 11.6 Å². The Morgan fingerprint density at radius 1 is 1.09 bits per heavy atom. The van der Waals surface area contributed by atoms with Crippen molar-refractivity contribution < 1.29 is 31.1 Å². The number of rotatable bonds is 3. The molecule has 0 fully saturated rings. The van der Waals surface area contributed by atoms with Gasteiger partial charge in [0.05, 0.1) is 13.6 Å². The quantitative estimate of drug-likeness (QED) is 0.572. The summed E-state index contributed by atoms with van der Waals surface area (Å²) in [7, 11) is 1.86. The van der Waals surface area contributed by atoms with E-state index in [2.05, 4.69) is 6.92 Å². The highest BCUT2D eigenvalue weighted by molar-refractivity contribution is 6.26. The van der Waals surface area contributed by atoms with Crippen LogP contribution in [0.3, 0.4) is 0 Å². The maximum Gasteiger partial charge on any atom is 0.254 e. The molecule has 0 aliphatic heterocycles. The fourth-order valence-corrected chi connectivity index (χ4v) is 3.01. The molecular weight excluding hydrogens is 344 g/mol. The third kappa shape index (κ3) is 2.24. The van der Waals surface area contributed by atoms with Gasteiger partial charge in [0.2, 0.25) is 23.0 Å². The van der Waals surface area contributed by atoms with Gasteiger partial charge >= 0.3 is 0 Å². The van der Waals surface area contributed by atoms with Crippen LogP contribution in [0.5, 0.6) is 0 Å². The number of benzene rings is 1. The topological polar surface area (TPSA) is 43.0 Å². The van der Waals surface area contributed by atoms with Gasteiger partial charge in [0.15, 0.2) is 0 Å². The van der Waals surface area contributed by atoms with E-state index in [4.69, 9.17) is 0 Å². The van der Waals surface area contributed by atoms with Crippen LogP contribution in [0, 0.1) is 6.92 Å². The minimum absolute atomic E-state index is 0. The standard InChI is InChI=1S/C17H19N2O2.BrH/c1-4-5-10-19-11(2)18(3)14-15(19)17(21)13-9-7-6-8-12(13)16(14)20;/h6-9H,4-5,10H2,1-3H3;1H/q+1;/p-1. The summed E-state index contributed by atoms with van der Waals surface area (Å²) in [6.45, 7) is 4.85. The summed E-state index contributed by atoms with van der Waals surface area (Å²) >= 11 is 0. The lowest BCUT2D eigenvalue weighted by Crippen LogP contribution is -3.00. The maximum absolute atomic E-state index is 12.8. The number of unbranched alkanes of at least 4 members (excludes halogenated alkanes) is 1. The highest BCUT2D eigenvalue weighted by Gasteiger charge is 2.41. The van der Waals surface area contributed by atoms with E-state index in [1.54, 1.807) is 24.3 Å². The van der Waals surface area contributed by atoms with Gasteiger partial charge in [0.25, 0.3) is 5.82 Å². The van der Waals surface area contributed by atoms with Crippen molar-refractivity contribution in [2.75, 3.05) is 0 Å². The molecule has 2 aromatic rings. The molecule has 0 radical (unpaired) electrons. The Bertz CT molecular complexity index is 762. The summed E-state index contributed by atoms with van der Waals surface area (Å²) in [5.41, 5.74) is 2.10. The molecule has 1 aliphatic rings. The zero-order valence-electron chi connectivity index (χ0n) is 13.0. The molecule has 0 saturated carbocycles. The van der Waals surface area contributed by atoms with Crippen LogP contribution in [0.25, 0.3) is 0 Å². The predicted octanol–water partition coefficient (Wildman–Crippen LogP) is -0.799. The van der Waals surface area contributed by atoms with E-state index in [-0.39, 0.29) is 28.5 Å². The Morgan fingerprint density at radius 2 is 1.68 bits per heavy atom. The number of aromatic nitrogens is 2. The minimum atomic E-state index is -0.0546. The fourth-order valence-electron chi connectivity index (χ4n) is 3.01. The molecule has 3 rings (SSSR count). The zero-order chi connectivity index (χ0) is 15.1. The van der Waals surface area contributed by atoms with Gasteiger partial charge in [-0.3, -0.25) is 9.59 Å². The number of carbonyl (C=O) groups is 2. The average Bonchev–Trinajstić information content (AvgIpc) is 2.75. The van der Waals surface area contributed by atoms with E-state index < -0.39 is 0 Å². The van der Waals surface area contributed by atoms with Crippen LogP contribution < -0.4 is 21.5 Å². The molecule has 0 amide bonds. The van der Waals surface area contributed by atoms with Crippen LogP contribution in [-0.4, -0.2) is 16.1 Å². The fraction of sp³-hybridized carbons (Fsp3) is 0.353. The number of nitrogens with zero attached hydrogens (tertiary/aromatic N) is 2.